The molecule has 0 aliphatic heterocycles. The third-order valence-corrected chi connectivity index (χ3v) is 4.74. The largest absolute Gasteiger partial charge is 0.308 e. The second kappa shape index (κ2) is 4.86. The standard InChI is InChI=1S/C15H17ClN4/c16-11-2-4-13(5-3-11)20-18-9-12(19-20)8-17-15-6-1-10-7-14(10)15/h2-5,9-10,14-15,17H,1,6-8H2. The van der Waals surface area contributed by atoms with E-state index in [1.165, 1.54) is 19.3 Å². The molecule has 2 saturated carbocycles. The summed E-state index contributed by atoms with van der Waals surface area (Å²) >= 11 is 5.88. The second-order valence-corrected chi connectivity index (χ2v) is 6.26. The Hall–Kier alpha value is -1.39. The van der Waals surface area contributed by atoms with E-state index in [0.29, 0.717) is 6.04 Å². The summed E-state index contributed by atoms with van der Waals surface area (Å²) in [5.74, 6) is 1.94. The van der Waals surface area contributed by atoms with Crippen molar-refractivity contribution in [3.8, 4) is 5.69 Å². The van der Waals surface area contributed by atoms with Gasteiger partial charge in [-0.25, -0.2) is 0 Å². The SMILES string of the molecule is Clc1ccc(-n2ncc(CNC3CCC4CC43)n2)cc1. The van der Waals surface area contributed by atoms with Gasteiger partial charge in [-0.05, 0) is 55.4 Å². The van der Waals surface area contributed by atoms with Crippen molar-refractivity contribution in [2.75, 3.05) is 0 Å². The number of hydrogen-bond donors (Lipinski definition) is 1. The van der Waals surface area contributed by atoms with Gasteiger partial charge in [0.25, 0.3) is 0 Å². The van der Waals surface area contributed by atoms with Gasteiger partial charge in [0.15, 0.2) is 0 Å². The number of aromatic nitrogens is 3. The number of nitrogens with one attached hydrogen (secondary N) is 1. The minimum absolute atomic E-state index is 0.695. The predicted octanol–water partition coefficient (Wildman–Crippen LogP) is 2.81. The van der Waals surface area contributed by atoms with Gasteiger partial charge in [0.05, 0.1) is 17.6 Å². The first-order chi connectivity index (χ1) is 9.79. The maximum absolute atomic E-state index is 5.88. The summed E-state index contributed by atoms with van der Waals surface area (Å²) in [5, 5.41) is 13.2. The fraction of sp³-hybridized carbons (Fsp3) is 0.467. The predicted molar refractivity (Wildman–Crippen MR) is 77.8 cm³/mol. The van der Waals surface area contributed by atoms with E-state index in [2.05, 4.69) is 15.5 Å². The van der Waals surface area contributed by atoms with Crippen molar-refractivity contribution < 1.29 is 0 Å². The molecule has 0 radical (unpaired) electrons. The minimum Gasteiger partial charge on any atom is -0.308 e. The maximum atomic E-state index is 5.88. The van der Waals surface area contributed by atoms with Crippen LogP contribution < -0.4 is 5.32 Å². The lowest BCUT2D eigenvalue weighted by atomic mass is 10.2. The zero-order valence-electron chi connectivity index (χ0n) is 11.2. The van der Waals surface area contributed by atoms with Gasteiger partial charge in [-0.15, -0.1) is 0 Å². The number of halogens is 1. The van der Waals surface area contributed by atoms with Gasteiger partial charge in [-0.2, -0.15) is 15.0 Å². The minimum atomic E-state index is 0.695. The van der Waals surface area contributed by atoms with Gasteiger partial charge in [0, 0.05) is 17.6 Å². The third kappa shape index (κ3) is 2.34. The van der Waals surface area contributed by atoms with E-state index in [0.717, 1.165) is 34.8 Å². The van der Waals surface area contributed by atoms with Crippen LogP contribution in [0, 0.1) is 11.8 Å². The van der Waals surface area contributed by atoms with Crippen molar-refractivity contribution in [1.82, 2.24) is 20.3 Å². The summed E-state index contributed by atoms with van der Waals surface area (Å²) in [6, 6.07) is 8.24. The Balaban J connectivity index is 1.41. The van der Waals surface area contributed by atoms with Crippen LogP contribution >= 0.6 is 11.6 Å². The number of hydrogen-bond acceptors (Lipinski definition) is 3. The van der Waals surface area contributed by atoms with Gasteiger partial charge in [-0.3, -0.25) is 0 Å². The Morgan fingerprint density at radius 1 is 1.25 bits per heavy atom. The molecule has 104 valence electrons. The van der Waals surface area contributed by atoms with Crippen LogP contribution in [0.5, 0.6) is 0 Å². The first-order valence-electron chi connectivity index (χ1n) is 7.20. The van der Waals surface area contributed by atoms with Crippen molar-refractivity contribution >= 4 is 11.6 Å². The Morgan fingerprint density at radius 2 is 2.10 bits per heavy atom. The average Bonchev–Trinajstić information content (AvgIpc) is 2.92. The van der Waals surface area contributed by atoms with Crippen LogP contribution in [0.25, 0.3) is 5.69 Å². The van der Waals surface area contributed by atoms with Gasteiger partial charge >= 0.3 is 0 Å². The molecule has 4 rings (SSSR count). The molecule has 20 heavy (non-hydrogen) atoms. The molecule has 2 fully saturated rings. The molecule has 1 aromatic heterocycles. The highest BCUT2D eigenvalue weighted by Crippen LogP contribution is 2.51. The fourth-order valence-corrected chi connectivity index (χ4v) is 3.39. The Morgan fingerprint density at radius 3 is 2.80 bits per heavy atom. The first-order valence-corrected chi connectivity index (χ1v) is 7.58. The van der Waals surface area contributed by atoms with Gasteiger partial charge in [0.1, 0.15) is 0 Å². The zero-order chi connectivity index (χ0) is 13.5. The van der Waals surface area contributed by atoms with Crippen LogP contribution in [-0.2, 0) is 6.54 Å². The molecule has 0 saturated heterocycles. The molecule has 4 nitrogen and oxygen atoms in total. The first kappa shape index (κ1) is 12.4. The van der Waals surface area contributed by atoms with Crippen LogP contribution in [0.4, 0.5) is 0 Å². The van der Waals surface area contributed by atoms with Crippen molar-refractivity contribution in [3.05, 3.63) is 41.2 Å². The van der Waals surface area contributed by atoms with E-state index in [9.17, 15) is 0 Å². The Labute approximate surface area is 123 Å². The summed E-state index contributed by atoms with van der Waals surface area (Å²) in [5.41, 5.74) is 1.92. The molecule has 2 aliphatic carbocycles. The van der Waals surface area contributed by atoms with Crippen LogP contribution in [0.15, 0.2) is 30.5 Å². The number of rotatable bonds is 4. The quantitative estimate of drug-likeness (QED) is 0.941. The highest BCUT2D eigenvalue weighted by Gasteiger charge is 2.47. The molecule has 5 heteroatoms. The smallest absolute Gasteiger partial charge is 0.0969 e. The highest BCUT2D eigenvalue weighted by molar-refractivity contribution is 6.30. The molecular weight excluding hydrogens is 272 g/mol. The van der Waals surface area contributed by atoms with E-state index in [-0.39, 0.29) is 0 Å². The van der Waals surface area contributed by atoms with E-state index in [4.69, 9.17) is 11.6 Å². The third-order valence-electron chi connectivity index (χ3n) is 4.48. The van der Waals surface area contributed by atoms with Crippen molar-refractivity contribution in [1.29, 1.82) is 0 Å². The van der Waals surface area contributed by atoms with Crippen LogP contribution in [0.1, 0.15) is 25.0 Å². The molecule has 3 unspecified atom stereocenters. The molecule has 1 heterocycles. The molecule has 2 aliphatic rings. The van der Waals surface area contributed by atoms with Crippen molar-refractivity contribution in [2.24, 2.45) is 11.8 Å². The zero-order valence-corrected chi connectivity index (χ0v) is 11.9. The maximum Gasteiger partial charge on any atom is 0.0969 e. The molecule has 2 aromatic rings. The molecule has 3 atom stereocenters. The molecule has 1 aromatic carbocycles. The van der Waals surface area contributed by atoms with Crippen LogP contribution in [0.3, 0.4) is 0 Å². The summed E-state index contributed by atoms with van der Waals surface area (Å²) in [6.07, 6.45) is 5.98. The fourth-order valence-electron chi connectivity index (χ4n) is 3.27. The average molecular weight is 289 g/mol. The number of nitrogens with zero attached hydrogens (tertiary/aromatic N) is 3. The lowest BCUT2D eigenvalue weighted by Crippen LogP contribution is -2.28. The number of benzene rings is 1. The topological polar surface area (TPSA) is 42.7 Å². The Kier molecular flexibility index (Phi) is 3.00. The van der Waals surface area contributed by atoms with E-state index < -0.39 is 0 Å². The second-order valence-electron chi connectivity index (χ2n) is 5.83. The van der Waals surface area contributed by atoms with Gasteiger partial charge in [-0.1, -0.05) is 11.6 Å². The van der Waals surface area contributed by atoms with Crippen molar-refractivity contribution in [2.45, 2.75) is 31.8 Å². The van der Waals surface area contributed by atoms with Gasteiger partial charge < -0.3 is 5.32 Å². The lowest BCUT2D eigenvalue weighted by Gasteiger charge is -2.12. The summed E-state index contributed by atoms with van der Waals surface area (Å²) in [4.78, 5) is 1.65. The van der Waals surface area contributed by atoms with E-state index >= 15 is 0 Å². The summed E-state index contributed by atoms with van der Waals surface area (Å²) < 4.78 is 0. The summed E-state index contributed by atoms with van der Waals surface area (Å²) in [7, 11) is 0. The van der Waals surface area contributed by atoms with Gasteiger partial charge in [0.2, 0.25) is 0 Å². The molecule has 0 spiro atoms. The number of fused-ring (bicyclic) bond motifs is 1. The van der Waals surface area contributed by atoms with E-state index in [1.54, 1.807) is 4.80 Å². The highest BCUT2D eigenvalue weighted by atomic mass is 35.5. The van der Waals surface area contributed by atoms with Crippen molar-refractivity contribution in [3.63, 3.8) is 0 Å². The van der Waals surface area contributed by atoms with Crippen LogP contribution in [-0.4, -0.2) is 21.0 Å². The Bertz CT molecular complexity index is 607. The molecule has 1 N–H and O–H groups in total. The molecular formula is C15H17ClN4. The normalized spacial score (nSPS) is 27.6. The summed E-state index contributed by atoms with van der Waals surface area (Å²) in [6.45, 7) is 0.807. The molecule has 0 bridgehead atoms. The van der Waals surface area contributed by atoms with Crippen LogP contribution in [0.2, 0.25) is 5.02 Å². The lowest BCUT2D eigenvalue weighted by molar-refractivity contribution is 0.470. The molecule has 0 amide bonds. The monoisotopic (exact) mass is 288 g/mol. The van der Waals surface area contributed by atoms with E-state index in [1.807, 2.05) is 30.5 Å².